The lowest BCUT2D eigenvalue weighted by Crippen LogP contribution is -2.54. The molecule has 2 saturated heterocycles. The van der Waals surface area contributed by atoms with Gasteiger partial charge in [-0.25, -0.2) is 9.59 Å². The number of hydrogen-bond donors (Lipinski definition) is 2. The summed E-state index contributed by atoms with van der Waals surface area (Å²) in [6.07, 6.45) is 3.83. The van der Waals surface area contributed by atoms with Crippen molar-refractivity contribution in [3.63, 3.8) is 0 Å². The molecule has 0 aromatic rings. The summed E-state index contributed by atoms with van der Waals surface area (Å²) in [4.78, 5) is 27.5. The zero-order valence-electron chi connectivity index (χ0n) is 11.4. The number of nitrogens with two attached hydrogens (primary N) is 1. The molecule has 3 N–H and O–H groups in total. The van der Waals surface area contributed by atoms with Gasteiger partial charge in [-0.2, -0.15) is 0 Å². The fourth-order valence-corrected chi connectivity index (χ4v) is 4.58. The summed E-state index contributed by atoms with van der Waals surface area (Å²) in [6, 6.07) is -0.610. The van der Waals surface area contributed by atoms with Crippen LogP contribution in [0.15, 0.2) is 0 Å². The molecule has 20 heavy (non-hydrogen) atoms. The Morgan fingerprint density at radius 2 is 1.80 bits per heavy atom. The summed E-state index contributed by atoms with van der Waals surface area (Å²) < 4.78 is 0. The van der Waals surface area contributed by atoms with Crippen LogP contribution in [0.2, 0.25) is 0 Å². The fraction of sp³-hybridized carbons (Fsp3) is 0.846. The van der Waals surface area contributed by atoms with Crippen LogP contribution in [0.3, 0.4) is 0 Å². The van der Waals surface area contributed by atoms with Gasteiger partial charge in [-0.15, -0.1) is 11.8 Å². The molecule has 3 rings (SSSR count). The average Bonchev–Trinajstić information content (AvgIpc) is 3.17. The van der Waals surface area contributed by atoms with Gasteiger partial charge in [0.2, 0.25) is 0 Å². The van der Waals surface area contributed by atoms with E-state index in [0.29, 0.717) is 24.8 Å². The Morgan fingerprint density at radius 3 is 2.35 bits per heavy atom. The highest BCUT2D eigenvalue weighted by molar-refractivity contribution is 8.00. The van der Waals surface area contributed by atoms with Crippen LogP contribution in [0.5, 0.6) is 0 Å². The molecule has 1 aliphatic carbocycles. The molecule has 2 unspecified atom stereocenters. The van der Waals surface area contributed by atoms with Gasteiger partial charge in [-0.1, -0.05) is 0 Å². The van der Waals surface area contributed by atoms with Gasteiger partial charge in [0.05, 0.1) is 5.37 Å². The Bertz CT molecular complexity index is 408. The number of carbonyl (C=O) groups excluding carboxylic acids is 1. The molecule has 112 valence electrons. The number of amides is 2. The van der Waals surface area contributed by atoms with Gasteiger partial charge in [-0.3, -0.25) is 4.90 Å². The zero-order valence-corrected chi connectivity index (χ0v) is 12.2. The van der Waals surface area contributed by atoms with Crippen LogP contribution >= 0.6 is 11.8 Å². The first-order chi connectivity index (χ1) is 9.58. The van der Waals surface area contributed by atoms with Crippen molar-refractivity contribution in [2.45, 2.75) is 43.1 Å². The van der Waals surface area contributed by atoms with Crippen molar-refractivity contribution < 1.29 is 14.7 Å². The molecule has 0 aromatic carbocycles. The number of urea groups is 1. The van der Waals surface area contributed by atoms with Gasteiger partial charge in [-0.05, 0) is 31.6 Å². The third kappa shape index (κ3) is 2.61. The predicted octanol–water partition coefficient (Wildman–Crippen LogP) is 0.768. The topological polar surface area (TPSA) is 86.9 Å². The molecular formula is C13H21N3O3S. The number of carbonyl (C=O) groups is 2. The first kappa shape index (κ1) is 14.0. The van der Waals surface area contributed by atoms with Crippen molar-refractivity contribution in [2.75, 3.05) is 18.8 Å². The highest BCUT2D eigenvalue weighted by atomic mass is 32.2. The lowest BCUT2D eigenvalue weighted by Gasteiger charge is -2.36. The van der Waals surface area contributed by atoms with Crippen LogP contribution < -0.4 is 5.73 Å². The van der Waals surface area contributed by atoms with Gasteiger partial charge in [0, 0.05) is 24.9 Å². The maximum absolute atomic E-state index is 12.7. The minimum atomic E-state index is -0.886. The molecule has 2 atom stereocenters. The van der Waals surface area contributed by atoms with Crippen molar-refractivity contribution in [3.8, 4) is 0 Å². The molecule has 0 aromatic heterocycles. The van der Waals surface area contributed by atoms with Gasteiger partial charge in [0.25, 0.3) is 0 Å². The molecule has 2 amide bonds. The summed E-state index contributed by atoms with van der Waals surface area (Å²) >= 11 is 1.62. The largest absolute Gasteiger partial charge is 0.480 e. The van der Waals surface area contributed by atoms with Crippen LogP contribution in [0, 0.1) is 5.92 Å². The fourth-order valence-electron chi connectivity index (χ4n) is 2.96. The Morgan fingerprint density at radius 1 is 1.15 bits per heavy atom. The monoisotopic (exact) mass is 299 g/mol. The van der Waals surface area contributed by atoms with Crippen molar-refractivity contribution >= 4 is 23.8 Å². The molecule has 3 fully saturated rings. The summed E-state index contributed by atoms with van der Waals surface area (Å²) in [5, 5.41) is 9.40. The second-order valence-corrected chi connectivity index (χ2v) is 7.08. The van der Waals surface area contributed by atoms with Gasteiger partial charge < -0.3 is 15.7 Å². The number of carboxylic acids is 1. The van der Waals surface area contributed by atoms with Gasteiger partial charge in [0.1, 0.15) is 6.04 Å². The summed E-state index contributed by atoms with van der Waals surface area (Å²) in [5.41, 5.74) is 5.86. The quantitative estimate of drug-likeness (QED) is 0.786. The standard InChI is InChI=1S/C13H21N3O3S/c14-9-3-5-15(6-4-9)13(19)16-10(12(17)18)7-20-11(16)8-1-2-8/h8-11H,1-7,14H2,(H,17,18). The smallest absolute Gasteiger partial charge is 0.327 e. The van der Waals surface area contributed by atoms with E-state index in [2.05, 4.69) is 0 Å². The van der Waals surface area contributed by atoms with Crippen molar-refractivity contribution in [1.29, 1.82) is 0 Å². The summed E-state index contributed by atoms with van der Waals surface area (Å²) in [6.45, 7) is 1.29. The summed E-state index contributed by atoms with van der Waals surface area (Å²) in [7, 11) is 0. The molecule has 2 heterocycles. The highest BCUT2D eigenvalue weighted by Gasteiger charge is 2.49. The Hall–Kier alpha value is -0.950. The molecule has 6 nitrogen and oxygen atoms in total. The van der Waals surface area contributed by atoms with Crippen molar-refractivity contribution in [2.24, 2.45) is 11.7 Å². The van der Waals surface area contributed by atoms with E-state index in [-0.39, 0.29) is 17.4 Å². The predicted molar refractivity (Wildman–Crippen MR) is 76.4 cm³/mol. The highest BCUT2D eigenvalue weighted by Crippen LogP contribution is 2.45. The van der Waals surface area contributed by atoms with Crippen LogP contribution in [0.1, 0.15) is 25.7 Å². The zero-order chi connectivity index (χ0) is 14.3. The summed E-state index contributed by atoms with van der Waals surface area (Å²) in [5.74, 6) is 0.110. The number of rotatable bonds is 2. The minimum absolute atomic E-state index is 0.0548. The molecule has 1 saturated carbocycles. The number of likely N-dealkylation sites (tertiary alicyclic amines) is 1. The SMILES string of the molecule is NC1CCN(C(=O)N2C(C(=O)O)CSC2C2CC2)CC1. The van der Waals surface area contributed by atoms with E-state index in [9.17, 15) is 14.7 Å². The maximum atomic E-state index is 12.7. The van der Waals surface area contributed by atoms with E-state index in [1.54, 1.807) is 21.6 Å². The number of aliphatic carboxylic acids is 1. The van der Waals surface area contributed by atoms with Gasteiger partial charge in [0.15, 0.2) is 0 Å². The second kappa shape index (κ2) is 5.44. The van der Waals surface area contributed by atoms with E-state index >= 15 is 0 Å². The molecule has 7 heteroatoms. The second-order valence-electron chi connectivity index (χ2n) is 5.93. The third-order valence-corrected chi connectivity index (χ3v) is 5.84. The lowest BCUT2D eigenvalue weighted by atomic mass is 10.1. The molecule has 2 aliphatic heterocycles. The number of carboxylic acid groups (broad SMARTS) is 1. The van der Waals surface area contributed by atoms with Gasteiger partial charge >= 0.3 is 12.0 Å². The molecule has 0 bridgehead atoms. The first-order valence-corrected chi connectivity index (χ1v) is 8.30. The Labute approximate surface area is 122 Å². The third-order valence-electron chi connectivity index (χ3n) is 4.38. The molecule has 0 spiro atoms. The van der Waals surface area contributed by atoms with E-state index in [1.807, 2.05) is 0 Å². The van der Waals surface area contributed by atoms with Crippen molar-refractivity contribution in [1.82, 2.24) is 9.80 Å². The van der Waals surface area contributed by atoms with E-state index in [1.165, 1.54) is 0 Å². The van der Waals surface area contributed by atoms with Crippen LogP contribution in [0.4, 0.5) is 4.79 Å². The molecule has 3 aliphatic rings. The number of thioether (sulfide) groups is 1. The average molecular weight is 299 g/mol. The maximum Gasteiger partial charge on any atom is 0.327 e. The van der Waals surface area contributed by atoms with Crippen LogP contribution in [-0.4, -0.2) is 63.2 Å². The molecular weight excluding hydrogens is 278 g/mol. The first-order valence-electron chi connectivity index (χ1n) is 7.25. The van der Waals surface area contributed by atoms with E-state index in [4.69, 9.17) is 5.73 Å². The van der Waals surface area contributed by atoms with E-state index in [0.717, 1.165) is 25.7 Å². The molecule has 0 radical (unpaired) electrons. The minimum Gasteiger partial charge on any atom is -0.480 e. The van der Waals surface area contributed by atoms with Crippen LogP contribution in [-0.2, 0) is 4.79 Å². The lowest BCUT2D eigenvalue weighted by molar-refractivity contribution is -0.141. The number of hydrogen-bond acceptors (Lipinski definition) is 4. The Kier molecular flexibility index (Phi) is 3.81. The van der Waals surface area contributed by atoms with Crippen LogP contribution in [0.25, 0.3) is 0 Å². The van der Waals surface area contributed by atoms with Crippen molar-refractivity contribution in [3.05, 3.63) is 0 Å². The number of nitrogens with zero attached hydrogens (tertiary/aromatic N) is 2. The normalized spacial score (nSPS) is 31.6. The Balaban J connectivity index is 1.73. The van der Waals surface area contributed by atoms with E-state index < -0.39 is 12.0 Å². The number of piperidine rings is 1.